The summed E-state index contributed by atoms with van der Waals surface area (Å²) in [5.41, 5.74) is 0. The van der Waals surface area contributed by atoms with Crippen LogP contribution >= 0.6 is 0 Å². The smallest absolute Gasteiger partial charge is 0.244 e. The Labute approximate surface area is 122 Å². The summed E-state index contributed by atoms with van der Waals surface area (Å²) in [4.78, 5) is 11.1. The van der Waals surface area contributed by atoms with Crippen LogP contribution in [0.5, 0.6) is 0 Å². The zero-order valence-electron chi connectivity index (χ0n) is 12.5. The van der Waals surface area contributed by atoms with Crippen molar-refractivity contribution in [1.82, 2.24) is 30.2 Å². The lowest BCUT2D eigenvalue weighted by atomic mass is 10.2. The molecule has 2 aromatic heterocycles. The Morgan fingerprint density at radius 1 is 1.43 bits per heavy atom. The second-order valence-corrected chi connectivity index (χ2v) is 5.27. The van der Waals surface area contributed by atoms with E-state index in [0.29, 0.717) is 18.3 Å². The van der Waals surface area contributed by atoms with Crippen LogP contribution in [0.1, 0.15) is 42.8 Å². The summed E-state index contributed by atoms with van der Waals surface area (Å²) in [6.45, 7) is 5.33. The first-order chi connectivity index (χ1) is 10.2. The molecule has 3 heterocycles. The lowest BCUT2D eigenvalue weighted by Gasteiger charge is -2.19. The molecule has 8 nitrogen and oxygen atoms in total. The van der Waals surface area contributed by atoms with Crippen LogP contribution in [0.25, 0.3) is 0 Å². The molecule has 8 heteroatoms. The fourth-order valence-corrected chi connectivity index (χ4v) is 2.67. The number of nitrogens with zero attached hydrogens (tertiary/aromatic N) is 5. The molecule has 0 bridgehead atoms. The summed E-state index contributed by atoms with van der Waals surface area (Å²) in [5.74, 6) is 2.98. The first-order valence-electron chi connectivity index (χ1n) is 7.16. The minimum Gasteiger partial charge on any atom is -0.380 e. The lowest BCUT2D eigenvalue weighted by Crippen LogP contribution is -2.25. The summed E-state index contributed by atoms with van der Waals surface area (Å²) in [6, 6.07) is 0.0614. The second kappa shape index (κ2) is 5.90. The van der Waals surface area contributed by atoms with Crippen LogP contribution in [0.2, 0.25) is 0 Å². The topological polar surface area (TPSA) is 93.0 Å². The number of nitrogens with one attached hydrogen (secondary N) is 1. The quantitative estimate of drug-likeness (QED) is 0.879. The van der Waals surface area contributed by atoms with E-state index in [9.17, 15) is 0 Å². The van der Waals surface area contributed by atoms with Gasteiger partial charge in [0.2, 0.25) is 5.89 Å². The molecule has 1 aliphatic heterocycles. The predicted molar refractivity (Wildman–Crippen MR) is 73.4 cm³/mol. The zero-order valence-corrected chi connectivity index (χ0v) is 12.5. The highest BCUT2D eigenvalue weighted by molar-refractivity contribution is 5.01. The number of methoxy groups -OCH3 is 1. The van der Waals surface area contributed by atoms with Crippen LogP contribution in [-0.4, -0.2) is 50.0 Å². The van der Waals surface area contributed by atoms with Gasteiger partial charge in [0.25, 0.3) is 0 Å². The van der Waals surface area contributed by atoms with Gasteiger partial charge in [-0.05, 0) is 13.3 Å². The maximum absolute atomic E-state index is 5.49. The molecule has 0 unspecified atom stereocenters. The number of aryl methyl sites for hydroxylation is 2. The number of hydrogen-bond donors (Lipinski definition) is 1. The van der Waals surface area contributed by atoms with Gasteiger partial charge in [-0.2, -0.15) is 10.1 Å². The van der Waals surface area contributed by atoms with Crippen LogP contribution in [0, 0.1) is 6.92 Å². The lowest BCUT2D eigenvalue weighted by molar-refractivity contribution is 0.107. The SMILES string of the molecule is CCc1n[nH]c(CN2C[C@@H](OC)C[C@@H]2c2nc(C)no2)n1. The number of hydrogen-bond acceptors (Lipinski definition) is 7. The minimum absolute atomic E-state index is 0.0614. The van der Waals surface area contributed by atoms with Crippen LogP contribution in [0.15, 0.2) is 4.52 Å². The molecule has 0 aromatic carbocycles. The highest BCUT2D eigenvalue weighted by Crippen LogP contribution is 2.33. The Hall–Kier alpha value is -1.80. The van der Waals surface area contributed by atoms with Crippen molar-refractivity contribution in [2.45, 2.75) is 45.4 Å². The van der Waals surface area contributed by atoms with Crippen molar-refractivity contribution in [3.05, 3.63) is 23.4 Å². The Balaban J connectivity index is 1.77. The molecule has 3 rings (SSSR count). The molecule has 2 aromatic rings. The van der Waals surface area contributed by atoms with Crippen molar-refractivity contribution >= 4 is 0 Å². The average Bonchev–Trinajstić information content (AvgIpc) is 3.18. The van der Waals surface area contributed by atoms with Gasteiger partial charge < -0.3 is 9.26 Å². The van der Waals surface area contributed by atoms with E-state index < -0.39 is 0 Å². The predicted octanol–water partition coefficient (Wildman–Crippen LogP) is 1.02. The van der Waals surface area contributed by atoms with E-state index >= 15 is 0 Å². The zero-order chi connectivity index (χ0) is 14.8. The fraction of sp³-hybridized carbons (Fsp3) is 0.692. The molecule has 0 radical (unpaired) electrons. The van der Waals surface area contributed by atoms with E-state index in [0.717, 1.165) is 31.0 Å². The van der Waals surface area contributed by atoms with Crippen molar-refractivity contribution < 1.29 is 9.26 Å². The molecule has 2 atom stereocenters. The van der Waals surface area contributed by atoms with Gasteiger partial charge in [-0.25, -0.2) is 4.98 Å². The van der Waals surface area contributed by atoms with Crippen molar-refractivity contribution in [3.63, 3.8) is 0 Å². The van der Waals surface area contributed by atoms with E-state index in [1.165, 1.54) is 0 Å². The maximum Gasteiger partial charge on any atom is 0.244 e. The van der Waals surface area contributed by atoms with E-state index in [4.69, 9.17) is 9.26 Å². The Bertz CT molecular complexity index is 595. The molecule has 0 amide bonds. The van der Waals surface area contributed by atoms with Gasteiger partial charge in [0.15, 0.2) is 5.82 Å². The number of aromatic amines is 1. The maximum atomic E-state index is 5.49. The van der Waals surface area contributed by atoms with Crippen molar-refractivity contribution in [2.75, 3.05) is 13.7 Å². The number of rotatable bonds is 5. The molecule has 114 valence electrons. The fourth-order valence-electron chi connectivity index (χ4n) is 2.67. The highest BCUT2D eigenvalue weighted by Gasteiger charge is 2.37. The van der Waals surface area contributed by atoms with Gasteiger partial charge in [0, 0.05) is 20.1 Å². The van der Waals surface area contributed by atoms with Crippen LogP contribution in [0.3, 0.4) is 0 Å². The van der Waals surface area contributed by atoms with Crippen LogP contribution < -0.4 is 0 Å². The van der Waals surface area contributed by atoms with Gasteiger partial charge >= 0.3 is 0 Å². The first-order valence-corrected chi connectivity index (χ1v) is 7.16. The average molecular weight is 292 g/mol. The van der Waals surface area contributed by atoms with Gasteiger partial charge in [-0.1, -0.05) is 12.1 Å². The summed E-state index contributed by atoms with van der Waals surface area (Å²) in [5, 5.41) is 11.0. The monoisotopic (exact) mass is 292 g/mol. The first kappa shape index (κ1) is 14.2. The van der Waals surface area contributed by atoms with Gasteiger partial charge in [-0.3, -0.25) is 10.00 Å². The Morgan fingerprint density at radius 2 is 2.29 bits per heavy atom. The van der Waals surface area contributed by atoms with Gasteiger partial charge in [0.05, 0.1) is 18.7 Å². The third kappa shape index (κ3) is 2.96. The second-order valence-electron chi connectivity index (χ2n) is 5.27. The van der Waals surface area contributed by atoms with Gasteiger partial charge in [-0.15, -0.1) is 0 Å². The van der Waals surface area contributed by atoms with Crippen molar-refractivity contribution in [1.29, 1.82) is 0 Å². The molecular weight excluding hydrogens is 272 g/mol. The Kier molecular flexibility index (Phi) is 3.98. The van der Waals surface area contributed by atoms with Crippen molar-refractivity contribution in [2.24, 2.45) is 0 Å². The molecule has 1 fully saturated rings. The van der Waals surface area contributed by atoms with E-state index in [1.54, 1.807) is 7.11 Å². The number of ether oxygens (including phenoxy) is 1. The molecule has 1 N–H and O–H groups in total. The van der Waals surface area contributed by atoms with E-state index in [-0.39, 0.29) is 12.1 Å². The van der Waals surface area contributed by atoms with Crippen LogP contribution in [-0.2, 0) is 17.7 Å². The Morgan fingerprint density at radius 3 is 2.90 bits per heavy atom. The third-order valence-electron chi connectivity index (χ3n) is 3.77. The summed E-state index contributed by atoms with van der Waals surface area (Å²) >= 11 is 0. The van der Waals surface area contributed by atoms with Crippen LogP contribution in [0.4, 0.5) is 0 Å². The number of H-pyrrole nitrogens is 1. The largest absolute Gasteiger partial charge is 0.380 e. The molecule has 1 aliphatic rings. The molecule has 1 saturated heterocycles. The standard InChI is InChI=1S/C13H20N6O2/c1-4-11-15-12(17-16-11)7-19-6-9(20-3)5-10(19)13-14-8(2)18-21-13/h9-10H,4-7H2,1-3H3,(H,15,16,17)/t9-,10+/m0/s1. The molecule has 0 aliphatic carbocycles. The molecule has 0 spiro atoms. The normalized spacial score (nSPS) is 23.0. The number of likely N-dealkylation sites (tertiary alicyclic amines) is 1. The third-order valence-corrected chi connectivity index (χ3v) is 3.77. The summed E-state index contributed by atoms with van der Waals surface area (Å²) in [6.07, 6.45) is 1.83. The summed E-state index contributed by atoms with van der Waals surface area (Å²) in [7, 11) is 1.73. The molecule has 21 heavy (non-hydrogen) atoms. The van der Waals surface area contributed by atoms with E-state index in [2.05, 4.69) is 30.2 Å². The highest BCUT2D eigenvalue weighted by atomic mass is 16.5. The minimum atomic E-state index is 0.0614. The summed E-state index contributed by atoms with van der Waals surface area (Å²) < 4.78 is 10.8. The van der Waals surface area contributed by atoms with Gasteiger partial charge in [0.1, 0.15) is 11.6 Å². The molecule has 0 saturated carbocycles. The molecular formula is C13H20N6O2. The van der Waals surface area contributed by atoms with E-state index in [1.807, 2.05) is 13.8 Å². The number of aromatic nitrogens is 5. The van der Waals surface area contributed by atoms with Crippen molar-refractivity contribution in [3.8, 4) is 0 Å².